The van der Waals surface area contributed by atoms with Crippen molar-refractivity contribution >= 4 is 27.7 Å². The summed E-state index contributed by atoms with van der Waals surface area (Å²) >= 11 is 0. The lowest BCUT2D eigenvalue weighted by Crippen LogP contribution is -2.63. The summed E-state index contributed by atoms with van der Waals surface area (Å²) in [4.78, 5) is 46.1. The van der Waals surface area contributed by atoms with Gasteiger partial charge in [0.15, 0.2) is 16.0 Å². The van der Waals surface area contributed by atoms with Crippen LogP contribution >= 0.6 is 0 Å². The molecule has 0 aromatic heterocycles. The molecule has 40 heavy (non-hydrogen) atoms. The molecule has 0 radical (unpaired) electrons. The van der Waals surface area contributed by atoms with E-state index in [0.29, 0.717) is 39.0 Å². The van der Waals surface area contributed by atoms with Gasteiger partial charge in [0.1, 0.15) is 6.04 Å². The number of carbonyl (C=O) groups is 3. The second-order valence-electron chi connectivity index (χ2n) is 11.2. The fraction of sp³-hybridized carbons (Fsp3) is 0.643. The molecule has 3 saturated heterocycles. The largest absolute Gasteiger partial charge is 0.450 e. The van der Waals surface area contributed by atoms with E-state index in [-0.39, 0.29) is 41.9 Å². The maximum Gasteiger partial charge on any atom is 0.409 e. The third-order valence-electron chi connectivity index (χ3n) is 8.68. The van der Waals surface area contributed by atoms with Crippen LogP contribution in [0.2, 0.25) is 0 Å². The van der Waals surface area contributed by atoms with Crippen molar-refractivity contribution in [3.8, 4) is 6.19 Å². The van der Waals surface area contributed by atoms with Crippen LogP contribution in [-0.4, -0.2) is 108 Å². The van der Waals surface area contributed by atoms with Crippen LogP contribution in [0.15, 0.2) is 29.2 Å². The van der Waals surface area contributed by atoms with Gasteiger partial charge in [-0.05, 0) is 64.5 Å². The smallest absolute Gasteiger partial charge is 0.409 e. The number of piperidine rings is 1. The third kappa shape index (κ3) is 5.41. The first-order chi connectivity index (χ1) is 19.1. The minimum atomic E-state index is -3.80. The number of ether oxygens (including phenoxy) is 1. The number of hydrogen-bond acceptors (Lipinski definition) is 8. The van der Waals surface area contributed by atoms with E-state index < -0.39 is 33.1 Å². The number of likely N-dealkylation sites (tertiary alicyclic amines) is 3. The predicted molar refractivity (Wildman–Crippen MR) is 144 cm³/mol. The Hall–Kier alpha value is -3.17. The Morgan fingerprint density at radius 3 is 2.25 bits per heavy atom. The van der Waals surface area contributed by atoms with Crippen molar-refractivity contribution in [3.05, 3.63) is 29.8 Å². The first-order valence-electron chi connectivity index (χ1n) is 14.2. The number of aryl methyl sites for hydroxylation is 1. The van der Waals surface area contributed by atoms with Crippen molar-refractivity contribution in [3.63, 3.8) is 0 Å². The average molecular weight is 572 g/mol. The summed E-state index contributed by atoms with van der Waals surface area (Å²) in [7, 11) is -3.80. The zero-order chi connectivity index (χ0) is 28.6. The lowest BCUT2D eigenvalue weighted by atomic mass is 9.93. The fourth-order valence-electron chi connectivity index (χ4n) is 6.12. The van der Waals surface area contributed by atoms with Gasteiger partial charge in [-0.2, -0.15) is 5.26 Å². The van der Waals surface area contributed by atoms with Gasteiger partial charge >= 0.3 is 6.09 Å². The maximum absolute atomic E-state index is 14.0. The molecule has 11 nitrogen and oxygen atoms in total. The number of nitriles is 1. The molecule has 216 valence electrons. The Labute approximate surface area is 235 Å². The van der Waals surface area contributed by atoms with Gasteiger partial charge in [-0.25, -0.2) is 18.1 Å². The summed E-state index contributed by atoms with van der Waals surface area (Å²) in [5.74, 6) is -0.749. The zero-order valence-electron chi connectivity index (χ0n) is 23.1. The molecule has 1 aromatic rings. The molecule has 3 amide bonds. The minimum absolute atomic E-state index is 0.0314. The van der Waals surface area contributed by atoms with Crippen LogP contribution in [0.25, 0.3) is 0 Å². The van der Waals surface area contributed by atoms with E-state index in [4.69, 9.17) is 4.74 Å². The second-order valence-corrected chi connectivity index (χ2v) is 13.4. The summed E-state index contributed by atoms with van der Waals surface area (Å²) in [6, 6.07) is 5.08. The molecule has 1 unspecified atom stereocenters. The Bertz CT molecular complexity index is 1280. The van der Waals surface area contributed by atoms with E-state index in [9.17, 15) is 28.1 Å². The number of carbonyl (C=O) groups excluding carboxylic acids is 3. The fourth-order valence-corrected chi connectivity index (χ4v) is 7.81. The van der Waals surface area contributed by atoms with Crippen molar-refractivity contribution in [2.75, 3.05) is 32.8 Å². The van der Waals surface area contributed by atoms with E-state index >= 15 is 0 Å². The molecule has 12 heteroatoms. The molecule has 3 heterocycles. The van der Waals surface area contributed by atoms with Crippen molar-refractivity contribution in [1.29, 1.82) is 5.26 Å². The minimum Gasteiger partial charge on any atom is -0.450 e. The molecule has 1 aliphatic carbocycles. The first-order valence-corrected chi connectivity index (χ1v) is 15.7. The van der Waals surface area contributed by atoms with Crippen LogP contribution < -0.4 is 0 Å². The second kappa shape index (κ2) is 11.4. The Kier molecular flexibility index (Phi) is 8.06. The topological polar surface area (TPSA) is 131 Å². The highest BCUT2D eigenvalue weighted by molar-refractivity contribution is 7.92. The Morgan fingerprint density at radius 2 is 1.70 bits per heavy atom. The van der Waals surface area contributed by atoms with Gasteiger partial charge in [0.25, 0.3) is 5.91 Å². The van der Waals surface area contributed by atoms with Gasteiger partial charge in [-0.1, -0.05) is 17.7 Å². The Morgan fingerprint density at radius 1 is 1.02 bits per heavy atom. The van der Waals surface area contributed by atoms with Gasteiger partial charge in [0.05, 0.1) is 22.8 Å². The summed E-state index contributed by atoms with van der Waals surface area (Å²) in [6.07, 6.45) is 5.11. The quantitative estimate of drug-likeness (QED) is 0.358. The van der Waals surface area contributed by atoms with Gasteiger partial charge in [0.2, 0.25) is 5.91 Å². The summed E-state index contributed by atoms with van der Waals surface area (Å²) in [6.45, 7) is 5.70. The van der Waals surface area contributed by atoms with E-state index in [1.165, 1.54) is 4.90 Å². The van der Waals surface area contributed by atoms with E-state index in [2.05, 4.69) is 4.90 Å². The molecular formula is C28H37N5O6S. The highest BCUT2D eigenvalue weighted by Crippen LogP contribution is 2.35. The summed E-state index contributed by atoms with van der Waals surface area (Å²) in [5, 5.41) is 8.75. The third-order valence-corrected chi connectivity index (χ3v) is 10.8. The SMILES string of the molecule is CCOC(=O)N1CCC(N2CCC2C(=O)N2C[C@H](S(=O)(=O)c3ccc(C)cc3)C[C@H]2C(=O)N(C#N)C2CC2)CC1. The number of sulfone groups is 1. The zero-order valence-corrected chi connectivity index (χ0v) is 23.9. The number of nitrogens with zero attached hydrogens (tertiary/aromatic N) is 5. The monoisotopic (exact) mass is 571 g/mol. The van der Waals surface area contributed by atoms with Crippen molar-refractivity contribution in [1.82, 2.24) is 19.6 Å². The van der Waals surface area contributed by atoms with E-state index in [1.807, 2.05) is 13.1 Å². The number of hydrogen-bond donors (Lipinski definition) is 0. The van der Waals surface area contributed by atoms with Gasteiger partial charge in [0, 0.05) is 38.3 Å². The molecular weight excluding hydrogens is 534 g/mol. The summed E-state index contributed by atoms with van der Waals surface area (Å²) in [5.41, 5.74) is 0.933. The van der Waals surface area contributed by atoms with Crippen LogP contribution in [0.3, 0.4) is 0 Å². The number of amides is 3. The maximum atomic E-state index is 14.0. The molecule has 1 aromatic carbocycles. The summed E-state index contributed by atoms with van der Waals surface area (Å²) < 4.78 is 32.3. The normalized spacial score (nSPS) is 25.7. The van der Waals surface area contributed by atoms with Gasteiger partial charge < -0.3 is 14.5 Å². The number of benzene rings is 1. The van der Waals surface area contributed by atoms with Gasteiger partial charge in [-0.3, -0.25) is 14.5 Å². The number of rotatable bonds is 7. The molecule has 4 aliphatic rings. The molecule has 0 bridgehead atoms. The molecule has 5 rings (SSSR count). The molecule has 0 spiro atoms. The van der Waals surface area contributed by atoms with Crippen molar-refractivity contribution in [2.45, 2.75) is 86.7 Å². The lowest BCUT2D eigenvalue weighted by molar-refractivity contribution is -0.150. The molecule has 3 atom stereocenters. The lowest BCUT2D eigenvalue weighted by Gasteiger charge is -2.48. The van der Waals surface area contributed by atoms with Crippen LogP contribution in [0.1, 0.15) is 51.0 Å². The van der Waals surface area contributed by atoms with Crippen LogP contribution in [-0.2, 0) is 24.2 Å². The van der Waals surface area contributed by atoms with Gasteiger partial charge in [-0.15, -0.1) is 0 Å². The predicted octanol–water partition coefficient (Wildman–Crippen LogP) is 1.91. The van der Waals surface area contributed by atoms with Crippen LogP contribution in [0, 0.1) is 18.4 Å². The highest BCUT2D eigenvalue weighted by Gasteiger charge is 2.51. The highest BCUT2D eigenvalue weighted by atomic mass is 32.2. The van der Waals surface area contributed by atoms with E-state index in [1.54, 1.807) is 36.1 Å². The van der Waals surface area contributed by atoms with Crippen molar-refractivity contribution in [2.24, 2.45) is 0 Å². The molecule has 1 saturated carbocycles. The standard InChI is InChI=1S/C28H37N5O6S/c1-3-39-28(36)30-13-10-21(11-14-30)31-15-12-24(31)26(34)32-17-23(40(37,38)22-8-4-19(2)5-9-22)16-25(32)27(35)33(18-29)20-6-7-20/h4-5,8-9,20-21,23-25H,3,6-7,10-17H2,1-2H3/t23-,24?,25+/m1/s1. The van der Waals surface area contributed by atoms with Crippen molar-refractivity contribution < 1.29 is 27.5 Å². The molecule has 3 aliphatic heterocycles. The van der Waals surface area contributed by atoms with E-state index in [0.717, 1.165) is 29.8 Å². The molecule has 0 N–H and O–H groups in total. The van der Waals surface area contributed by atoms with Crippen LogP contribution in [0.5, 0.6) is 0 Å². The average Bonchev–Trinajstić information content (AvgIpc) is 3.64. The molecule has 4 fully saturated rings. The Balaban J connectivity index is 1.33. The first kappa shape index (κ1) is 28.4. The van der Waals surface area contributed by atoms with Crippen LogP contribution in [0.4, 0.5) is 4.79 Å².